The molecule has 1 aliphatic rings. The van der Waals surface area contributed by atoms with Gasteiger partial charge in [-0.1, -0.05) is 56.3 Å². The van der Waals surface area contributed by atoms with Gasteiger partial charge in [0.05, 0.1) is 0 Å². The van der Waals surface area contributed by atoms with Gasteiger partial charge in [0.1, 0.15) is 6.10 Å². The van der Waals surface area contributed by atoms with Crippen molar-refractivity contribution in [3.63, 3.8) is 0 Å². The lowest BCUT2D eigenvalue weighted by molar-refractivity contribution is 0.221. The fourth-order valence-corrected chi connectivity index (χ4v) is 3.14. The van der Waals surface area contributed by atoms with E-state index >= 15 is 0 Å². The molecule has 0 aromatic heterocycles. The predicted molar refractivity (Wildman–Crippen MR) is 87.7 cm³/mol. The molecule has 0 radical (unpaired) electrons. The zero-order valence-corrected chi connectivity index (χ0v) is 12.8. The number of nitrogens with one attached hydrogen (secondary N) is 1. The normalized spacial score (nSPS) is 14.9. The highest BCUT2D eigenvalue weighted by molar-refractivity contribution is 5.63. The van der Waals surface area contributed by atoms with Crippen LogP contribution < -0.4 is 5.32 Å². The number of hydrogen-bond acceptors (Lipinski definition) is 2. The van der Waals surface area contributed by atoms with Crippen molar-refractivity contribution in [3.05, 3.63) is 64.7 Å². The molecular formula is C19H23NO. The van der Waals surface area contributed by atoms with Crippen molar-refractivity contribution in [1.29, 1.82) is 0 Å². The summed E-state index contributed by atoms with van der Waals surface area (Å²) in [6.07, 6.45) is 1.53. The number of aliphatic hydroxyl groups excluding tert-OH is 1. The standard InChI is InChI=1S/C19H23NO/c1-13(2)11-14-5-3-7-16(12-14)19(21)17-8-4-6-15-9-10-20-18(15)17/h3-8,12-13,19-21H,9-11H2,1-2H3. The Bertz CT molecular complexity index is 633. The van der Waals surface area contributed by atoms with Crippen molar-refractivity contribution in [2.24, 2.45) is 5.92 Å². The van der Waals surface area contributed by atoms with Crippen molar-refractivity contribution in [1.82, 2.24) is 0 Å². The summed E-state index contributed by atoms with van der Waals surface area (Å²) < 4.78 is 0. The molecule has 0 fully saturated rings. The maximum Gasteiger partial charge on any atom is 0.106 e. The molecule has 3 rings (SSSR count). The van der Waals surface area contributed by atoms with Gasteiger partial charge in [-0.2, -0.15) is 0 Å². The van der Waals surface area contributed by atoms with E-state index in [4.69, 9.17) is 0 Å². The van der Waals surface area contributed by atoms with Crippen LogP contribution in [-0.4, -0.2) is 11.7 Å². The Morgan fingerprint density at radius 1 is 1.14 bits per heavy atom. The van der Waals surface area contributed by atoms with E-state index in [0.717, 1.165) is 36.2 Å². The summed E-state index contributed by atoms with van der Waals surface area (Å²) in [6, 6.07) is 14.6. The number of anilines is 1. The van der Waals surface area contributed by atoms with Gasteiger partial charge in [-0.25, -0.2) is 0 Å². The lowest BCUT2D eigenvalue weighted by Crippen LogP contribution is -2.05. The minimum Gasteiger partial charge on any atom is -0.384 e. The first-order chi connectivity index (χ1) is 10.1. The van der Waals surface area contributed by atoms with Crippen molar-refractivity contribution in [2.75, 3.05) is 11.9 Å². The highest BCUT2D eigenvalue weighted by Gasteiger charge is 2.20. The van der Waals surface area contributed by atoms with Crippen LogP contribution >= 0.6 is 0 Å². The lowest BCUT2D eigenvalue weighted by Gasteiger charge is -2.17. The number of hydrogen-bond donors (Lipinski definition) is 2. The molecule has 0 saturated carbocycles. The molecule has 1 unspecified atom stereocenters. The largest absolute Gasteiger partial charge is 0.384 e. The number of para-hydroxylation sites is 1. The van der Waals surface area contributed by atoms with Crippen molar-refractivity contribution in [3.8, 4) is 0 Å². The maximum absolute atomic E-state index is 10.8. The van der Waals surface area contributed by atoms with Crippen LogP contribution in [0.1, 0.15) is 42.2 Å². The monoisotopic (exact) mass is 281 g/mol. The molecule has 0 amide bonds. The molecule has 2 aromatic carbocycles. The third-order valence-corrected chi connectivity index (χ3v) is 4.08. The Morgan fingerprint density at radius 3 is 2.76 bits per heavy atom. The van der Waals surface area contributed by atoms with Crippen LogP contribution in [-0.2, 0) is 12.8 Å². The lowest BCUT2D eigenvalue weighted by atomic mass is 9.94. The number of rotatable bonds is 4. The Balaban J connectivity index is 1.92. The number of benzene rings is 2. The maximum atomic E-state index is 10.8. The van der Waals surface area contributed by atoms with Crippen LogP contribution in [0.2, 0.25) is 0 Å². The van der Waals surface area contributed by atoms with Crippen molar-refractivity contribution >= 4 is 5.69 Å². The Labute approximate surface area is 126 Å². The van der Waals surface area contributed by atoms with E-state index in [1.54, 1.807) is 0 Å². The molecular weight excluding hydrogens is 258 g/mol. The van der Waals surface area contributed by atoms with Crippen LogP contribution in [0.5, 0.6) is 0 Å². The average molecular weight is 281 g/mol. The third kappa shape index (κ3) is 2.96. The van der Waals surface area contributed by atoms with Gasteiger partial charge in [0.15, 0.2) is 0 Å². The first-order valence-electron chi connectivity index (χ1n) is 7.77. The molecule has 0 bridgehead atoms. The van der Waals surface area contributed by atoms with E-state index in [2.05, 4.69) is 37.4 Å². The molecule has 0 spiro atoms. The molecule has 2 aromatic rings. The second-order valence-electron chi connectivity index (χ2n) is 6.30. The summed E-state index contributed by atoms with van der Waals surface area (Å²) in [6.45, 7) is 5.40. The SMILES string of the molecule is CC(C)Cc1cccc(C(O)c2cccc3c2NCC3)c1. The van der Waals surface area contributed by atoms with Gasteiger partial charge in [-0.15, -0.1) is 0 Å². The zero-order valence-electron chi connectivity index (χ0n) is 12.8. The average Bonchev–Trinajstić information content (AvgIpc) is 2.94. The van der Waals surface area contributed by atoms with Crippen LogP contribution in [0.3, 0.4) is 0 Å². The van der Waals surface area contributed by atoms with Gasteiger partial charge in [0, 0.05) is 17.8 Å². The van der Waals surface area contributed by atoms with Crippen LogP contribution in [0, 0.1) is 5.92 Å². The fourth-order valence-electron chi connectivity index (χ4n) is 3.14. The molecule has 2 heteroatoms. The fraction of sp³-hybridized carbons (Fsp3) is 0.368. The van der Waals surface area contributed by atoms with E-state index in [-0.39, 0.29) is 0 Å². The summed E-state index contributed by atoms with van der Waals surface area (Å²) in [5, 5.41) is 14.2. The molecule has 21 heavy (non-hydrogen) atoms. The van der Waals surface area contributed by atoms with Crippen molar-refractivity contribution < 1.29 is 5.11 Å². The Kier molecular flexibility index (Phi) is 3.98. The molecule has 2 nitrogen and oxygen atoms in total. The van der Waals surface area contributed by atoms with E-state index in [1.807, 2.05) is 24.3 Å². The zero-order chi connectivity index (χ0) is 14.8. The van der Waals surface area contributed by atoms with Gasteiger partial charge < -0.3 is 10.4 Å². The molecule has 110 valence electrons. The number of fused-ring (bicyclic) bond motifs is 1. The Morgan fingerprint density at radius 2 is 1.95 bits per heavy atom. The highest BCUT2D eigenvalue weighted by Crippen LogP contribution is 2.34. The quantitative estimate of drug-likeness (QED) is 0.890. The minimum atomic E-state index is -0.558. The van der Waals surface area contributed by atoms with Gasteiger partial charge in [-0.05, 0) is 35.4 Å². The minimum absolute atomic E-state index is 0.558. The predicted octanol–water partition coefficient (Wildman–Crippen LogP) is 3.93. The highest BCUT2D eigenvalue weighted by atomic mass is 16.3. The van der Waals surface area contributed by atoms with Crippen LogP contribution in [0.25, 0.3) is 0 Å². The molecule has 0 saturated heterocycles. The molecule has 2 N–H and O–H groups in total. The smallest absolute Gasteiger partial charge is 0.106 e. The summed E-state index contributed by atoms with van der Waals surface area (Å²) in [4.78, 5) is 0. The topological polar surface area (TPSA) is 32.3 Å². The Hall–Kier alpha value is -1.80. The van der Waals surface area contributed by atoms with E-state index in [9.17, 15) is 5.11 Å². The first-order valence-corrected chi connectivity index (χ1v) is 7.77. The van der Waals surface area contributed by atoms with Crippen LogP contribution in [0.4, 0.5) is 5.69 Å². The van der Waals surface area contributed by atoms with E-state index in [0.29, 0.717) is 5.92 Å². The van der Waals surface area contributed by atoms with Crippen molar-refractivity contribution in [2.45, 2.75) is 32.8 Å². The first kappa shape index (κ1) is 14.2. The summed E-state index contributed by atoms with van der Waals surface area (Å²) in [5.74, 6) is 0.625. The van der Waals surface area contributed by atoms with Gasteiger partial charge in [0.25, 0.3) is 0 Å². The van der Waals surface area contributed by atoms with Gasteiger partial charge in [0.2, 0.25) is 0 Å². The van der Waals surface area contributed by atoms with E-state index in [1.165, 1.54) is 11.1 Å². The second kappa shape index (κ2) is 5.90. The third-order valence-electron chi connectivity index (χ3n) is 4.08. The summed E-state index contributed by atoms with van der Waals surface area (Å²) >= 11 is 0. The molecule has 1 aliphatic heterocycles. The summed E-state index contributed by atoms with van der Waals surface area (Å²) in [5.41, 5.74) is 5.70. The molecule has 1 atom stereocenters. The van der Waals surface area contributed by atoms with Gasteiger partial charge in [-0.3, -0.25) is 0 Å². The number of aliphatic hydroxyl groups is 1. The van der Waals surface area contributed by atoms with Crippen LogP contribution in [0.15, 0.2) is 42.5 Å². The molecule has 1 heterocycles. The van der Waals surface area contributed by atoms with E-state index < -0.39 is 6.10 Å². The molecule has 0 aliphatic carbocycles. The second-order valence-corrected chi connectivity index (χ2v) is 6.30. The van der Waals surface area contributed by atoms with Gasteiger partial charge >= 0.3 is 0 Å². The summed E-state index contributed by atoms with van der Waals surface area (Å²) in [7, 11) is 0.